The first-order valence-corrected chi connectivity index (χ1v) is 32.6. The second kappa shape index (κ2) is 54.6. The Morgan fingerprint density at radius 3 is 0.800 bits per heavy atom. The molecule has 0 saturated carbocycles. The molecule has 0 spiro atoms. The monoisotopic (exact) mass is 1070 g/mol. The highest BCUT2D eigenvalue weighted by molar-refractivity contribution is 5.74. The molecule has 0 saturated heterocycles. The molecular weight excluding hydrogens is 941 g/mol. The second-order valence-corrected chi connectivity index (χ2v) is 23.6. The molecule has 0 aliphatic carbocycles. The average molecular weight is 1070 g/mol. The summed E-state index contributed by atoms with van der Waals surface area (Å²) in [5.41, 5.74) is -1.58. The van der Waals surface area contributed by atoms with Crippen molar-refractivity contribution in [3.05, 3.63) is 0 Å². The van der Waals surface area contributed by atoms with Crippen LogP contribution in [0.3, 0.4) is 0 Å². The number of carbonyl (C=O) groups excluding carboxylic acids is 2. The zero-order valence-electron chi connectivity index (χ0n) is 50.3. The summed E-state index contributed by atoms with van der Waals surface area (Å²) in [7, 11) is 0. The van der Waals surface area contributed by atoms with Crippen molar-refractivity contribution in [1.29, 1.82) is 0 Å². The van der Waals surface area contributed by atoms with E-state index in [-0.39, 0.29) is 26.1 Å². The smallest absolute Gasteiger partial charge is 0.308 e. The molecule has 0 aromatic heterocycles. The molecule has 11 nitrogen and oxygen atoms in total. The fraction of sp³-hybridized carbons (Fsp3) is 0.969. The minimum atomic E-state index is -1.58. The third-order valence-corrected chi connectivity index (χ3v) is 15.3. The van der Waals surface area contributed by atoms with E-state index in [0.717, 1.165) is 116 Å². The molecule has 0 fully saturated rings. The van der Waals surface area contributed by atoms with E-state index in [2.05, 4.69) is 37.5 Å². The Hall–Kier alpha value is -1.34. The predicted octanol–water partition coefficient (Wildman–Crippen LogP) is 15.1. The lowest BCUT2D eigenvalue weighted by Gasteiger charge is -2.27. The van der Waals surface area contributed by atoms with Crippen LogP contribution in [0.25, 0.3) is 0 Å². The van der Waals surface area contributed by atoms with Gasteiger partial charge in [0.2, 0.25) is 0 Å². The van der Waals surface area contributed by atoms with Crippen LogP contribution in [0.5, 0.6) is 0 Å². The van der Waals surface area contributed by atoms with E-state index in [0.29, 0.717) is 39.0 Å². The van der Waals surface area contributed by atoms with E-state index < -0.39 is 42.0 Å². The predicted molar refractivity (Wildman–Crippen MR) is 315 cm³/mol. The van der Waals surface area contributed by atoms with Gasteiger partial charge in [-0.15, -0.1) is 0 Å². The van der Waals surface area contributed by atoms with Crippen molar-refractivity contribution in [2.45, 2.75) is 347 Å². The van der Waals surface area contributed by atoms with Crippen LogP contribution in [0.1, 0.15) is 317 Å². The van der Waals surface area contributed by atoms with Crippen molar-refractivity contribution in [2.75, 3.05) is 52.5 Å². The molecule has 0 amide bonds. The van der Waals surface area contributed by atoms with E-state index in [4.69, 9.17) is 9.47 Å². The maximum absolute atomic E-state index is 12.7. The van der Waals surface area contributed by atoms with E-state index >= 15 is 0 Å². The van der Waals surface area contributed by atoms with Gasteiger partial charge in [0.25, 0.3) is 0 Å². The number of ether oxygens (including phenoxy) is 2. The minimum Gasteiger partial charge on any atom is -0.466 e. The Kier molecular flexibility index (Phi) is 53.6. The Morgan fingerprint density at radius 2 is 0.560 bits per heavy atom. The Labute approximate surface area is 464 Å². The zero-order chi connectivity index (χ0) is 55.3. The number of aliphatic hydroxyl groups excluding tert-OH is 4. The van der Waals surface area contributed by atoms with Gasteiger partial charge in [0.15, 0.2) is 0 Å². The van der Waals surface area contributed by atoms with Gasteiger partial charge in [-0.3, -0.25) is 19.4 Å². The Balaban J connectivity index is 4.72. The van der Waals surface area contributed by atoms with Crippen LogP contribution in [-0.4, -0.2) is 130 Å². The standard InChI is InChI=1S/C64H128N2O9/c1-6-10-14-18-22-26-30-36-44-58(67)54-65(55-59(68)45-37-31-27-23-19-15-11-7-2)48-40-34-42-50-74-62(71)52-64(5,73)53-63(72)75-51-43-35-41-49-66(56-60(69)46-38-32-28-24-20-16-12-8-3)57-61(70)47-39-33-29-25-21-17-13-9-4/h58-61,67-70,73H,6-57H2,1-5H3. The average Bonchev–Trinajstić information content (AvgIpc) is 3.36. The second-order valence-electron chi connectivity index (χ2n) is 23.6. The molecule has 0 heterocycles. The summed E-state index contributed by atoms with van der Waals surface area (Å²) in [4.78, 5) is 29.9. The van der Waals surface area contributed by atoms with Crippen molar-refractivity contribution in [3.63, 3.8) is 0 Å². The molecule has 0 aliphatic heterocycles. The van der Waals surface area contributed by atoms with Gasteiger partial charge in [-0.05, 0) is 84.2 Å². The lowest BCUT2D eigenvalue weighted by Crippen LogP contribution is -2.38. The molecular formula is C64H128N2O9. The number of aliphatic hydroxyl groups is 5. The van der Waals surface area contributed by atoms with Gasteiger partial charge in [0.1, 0.15) is 0 Å². The van der Waals surface area contributed by atoms with Crippen LogP contribution in [0.4, 0.5) is 0 Å². The van der Waals surface area contributed by atoms with Crippen LogP contribution < -0.4 is 0 Å². The Bertz CT molecular complexity index is 1070. The topological polar surface area (TPSA) is 160 Å². The van der Waals surface area contributed by atoms with Crippen molar-refractivity contribution in [3.8, 4) is 0 Å². The van der Waals surface area contributed by atoms with Crippen LogP contribution in [0, 0.1) is 0 Å². The van der Waals surface area contributed by atoms with Crippen LogP contribution in [0.2, 0.25) is 0 Å². The SMILES string of the molecule is CCCCCCCCCCC(O)CN(CCCCCOC(=O)CC(C)(O)CC(=O)OCCCCCN(CC(O)CCCCCCCCCC)CC(O)CCCCCCCCCC)CC(O)CCCCCCCCCC. The first-order valence-electron chi connectivity index (χ1n) is 32.6. The van der Waals surface area contributed by atoms with Crippen LogP contribution >= 0.6 is 0 Å². The molecule has 448 valence electrons. The van der Waals surface area contributed by atoms with E-state index in [1.807, 2.05) is 0 Å². The van der Waals surface area contributed by atoms with Gasteiger partial charge in [-0.25, -0.2) is 0 Å². The van der Waals surface area contributed by atoms with Gasteiger partial charge in [0, 0.05) is 26.2 Å². The molecule has 4 unspecified atom stereocenters. The fourth-order valence-electron chi connectivity index (χ4n) is 10.5. The number of nitrogens with zero attached hydrogens (tertiary/aromatic N) is 2. The van der Waals surface area contributed by atoms with Gasteiger partial charge in [0.05, 0.1) is 56.1 Å². The van der Waals surface area contributed by atoms with Gasteiger partial charge in [-0.1, -0.05) is 233 Å². The Morgan fingerprint density at radius 1 is 0.347 bits per heavy atom. The summed E-state index contributed by atoms with van der Waals surface area (Å²) in [5, 5.41) is 54.8. The minimum absolute atomic E-state index is 0.232. The highest BCUT2D eigenvalue weighted by Gasteiger charge is 2.29. The summed E-state index contributed by atoms with van der Waals surface area (Å²) in [5.74, 6) is -1.09. The lowest BCUT2D eigenvalue weighted by atomic mass is 9.98. The maximum atomic E-state index is 12.7. The van der Waals surface area contributed by atoms with Gasteiger partial charge < -0.3 is 35.0 Å². The number of carbonyl (C=O) groups is 2. The van der Waals surface area contributed by atoms with Crippen molar-refractivity contribution < 1.29 is 44.6 Å². The fourth-order valence-corrected chi connectivity index (χ4v) is 10.5. The van der Waals surface area contributed by atoms with Crippen molar-refractivity contribution in [2.24, 2.45) is 0 Å². The third kappa shape index (κ3) is 53.1. The van der Waals surface area contributed by atoms with Crippen LogP contribution in [-0.2, 0) is 19.1 Å². The highest BCUT2D eigenvalue weighted by Crippen LogP contribution is 2.19. The van der Waals surface area contributed by atoms with Gasteiger partial charge in [-0.2, -0.15) is 0 Å². The molecule has 0 aliphatic rings. The summed E-state index contributed by atoms with van der Waals surface area (Å²) >= 11 is 0. The van der Waals surface area contributed by atoms with Gasteiger partial charge >= 0.3 is 11.9 Å². The van der Waals surface area contributed by atoms with Crippen molar-refractivity contribution >= 4 is 11.9 Å². The number of hydrogen-bond donors (Lipinski definition) is 5. The molecule has 0 rings (SSSR count). The number of unbranched alkanes of at least 4 members (excludes halogenated alkanes) is 32. The van der Waals surface area contributed by atoms with Crippen LogP contribution in [0.15, 0.2) is 0 Å². The molecule has 0 aromatic rings. The molecule has 4 atom stereocenters. The van der Waals surface area contributed by atoms with E-state index in [1.165, 1.54) is 161 Å². The normalized spacial score (nSPS) is 14.3. The largest absolute Gasteiger partial charge is 0.466 e. The lowest BCUT2D eigenvalue weighted by molar-refractivity contribution is -0.154. The first-order chi connectivity index (χ1) is 36.3. The van der Waals surface area contributed by atoms with Crippen molar-refractivity contribution in [1.82, 2.24) is 9.80 Å². The zero-order valence-corrected chi connectivity index (χ0v) is 50.3. The summed E-state index contributed by atoms with van der Waals surface area (Å²) in [6, 6.07) is 0. The summed E-state index contributed by atoms with van der Waals surface area (Å²) < 4.78 is 11.0. The molecule has 0 bridgehead atoms. The quantitative estimate of drug-likeness (QED) is 0.0291. The summed E-state index contributed by atoms with van der Waals surface area (Å²) in [6.07, 6.45) is 45.2. The van der Waals surface area contributed by atoms with E-state index in [9.17, 15) is 35.1 Å². The molecule has 0 radical (unpaired) electrons. The molecule has 0 aromatic carbocycles. The number of rotatable bonds is 60. The first kappa shape index (κ1) is 73.7. The maximum Gasteiger partial charge on any atom is 0.308 e. The number of hydrogen-bond acceptors (Lipinski definition) is 11. The van der Waals surface area contributed by atoms with E-state index in [1.54, 1.807) is 0 Å². The molecule has 11 heteroatoms. The number of esters is 2. The molecule has 5 N–H and O–H groups in total. The molecule has 75 heavy (non-hydrogen) atoms. The third-order valence-electron chi connectivity index (χ3n) is 15.3. The highest BCUT2D eigenvalue weighted by atomic mass is 16.5. The summed E-state index contributed by atoms with van der Waals surface area (Å²) in [6.45, 7) is 14.7.